The van der Waals surface area contributed by atoms with Gasteiger partial charge in [0.15, 0.2) is 0 Å². The first-order valence-corrected chi connectivity index (χ1v) is 8.88. The Morgan fingerprint density at radius 1 is 1.00 bits per heavy atom. The van der Waals surface area contributed by atoms with E-state index in [1.54, 1.807) is 26.5 Å². The number of hydrogen-bond donors (Lipinski definition) is 2. The Labute approximate surface area is 164 Å². The summed E-state index contributed by atoms with van der Waals surface area (Å²) >= 11 is 0. The summed E-state index contributed by atoms with van der Waals surface area (Å²) in [6.45, 7) is 2.58. The molecule has 2 aromatic carbocycles. The van der Waals surface area contributed by atoms with Gasteiger partial charge in [-0.25, -0.2) is 0 Å². The lowest BCUT2D eigenvalue weighted by atomic mass is 10.2. The molecule has 6 nitrogen and oxygen atoms in total. The third kappa shape index (κ3) is 4.79. The first-order chi connectivity index (χ1) is 13.6. The summed E-state index contributed by atoms with van der Waals surface area (Å²) in [5, 5.41) is 6.17. The van der Waals surface area contributed by atoms with Crippen molar-refractivity contribution in [3.63, 3.8) is 0 Å². The number of hydrogen-bond acceptors (Lipinski definition) is 5. The quantitative estimate of drug-likeness (QED) is 0.643. The van der Waals surface area contributed by atoms with E-state index >= 15 is 0 Å². The predicted molar refractivity (Wildman–Crippen MR) is 110 cm³/mol. The minimum Gasteiger partial charge on any atom is -0.497 e. The van der Waals surface area contributed by atoms with Crippen LogP contribution in [0.15, 0.2) is 60.8 Å². The molecule has 0 atom stereocenters. The van der Waals surface area contributed by atoms with Crippen molar-refractivity contribution in [3.8, 4) is 11.5 Å². The second kappa shape index (κ2) is 8.90. The molecule has 1 aromatic heterocycles. The molecule has 0 saturated heterocycles. The first kappa shape index (κ1) is 19.2. The average molecular weight is 377 g/mol. The van der Waals surface area contributed by atoms with Crippen LogP contribution in [0.4, 0.5) is 11.4 Å². The van der Waals surface area contributed by atoms with E-state index in [4.69, 9.17) is 9.47 Å². The molecule has 0 fully saturated rings. The number of nitrogens with zero attached hydrogens (tertiary/aromatic N) is 1. The molecule has 0 aliphatic rings. The Morgan fingerprint density at radius 2 is 1.79 bits per heavy atom. The Bertz CT molecular complexity index is 955. The molecule has 0 radical (unpaired) electrons. The van der Waals surface area contributed by atoms with E-state index in [0.29, 0.717) is 23.7 Å². The standard InChI is InChI=1S/C22H23N3O3/c1-15-4-9-21(28-3)19(12-15)25-22(26)20-13-17(10-11-23-20)24-14-16-5-7-18(27-2)8-6-16/h4-13H,14H2,1-3H3,(H,23,24)(H,25,26). The van der Waals surface area contributed by atoms with Crippen LogP contribution >= 0.6 is 0 Å². The van der Waals surface area contributed by atoms with Crippen LogP contribution in [0.2, 0.25) is 0 Å². The van der Waals surface area contributed by atoms with Crippen molar-refractivity contribution in [2.45, 2.75) is 13.5 Å². The molecular formula is C22H23N3O3. The summed E-state index contributed by atoms with van der Waals surface area (Å²) in [7, 11) is 3.21. The molecule has 28 heavy (non-hydrogen) atoms. The minimum absolute atomic E-state index is 0.294. The summed E-state index contributed by atoms with van der Waals surface area (Å²) in [5.74, 6) is 1.13. The van der Waals surface area contributed by atoms with Crippen LogP contribution in [0.1, 0.15) is 21.6 Å². The van der Waals surface area contributed by atoms with Crippen LogP contribution in [0.25, 0.3) is 0 Å². The van der Waals surface area contributed by atoms with Gasteiger partial charge in [0.1, 0.15) is 17.2 Å². The number of aryl methyl sites for hydroxylation is 1. The van der Waals surface area contributed by atoms with Crippen LogP contribution < -0.4 is 20.1 Å². The number of carbonyl (C=O) groups is 1. The van der Waals surface area contributed by atoms with Crippen molar-refractivity contribution >= 4 is 17.3 Å². The van der Waals surface area contributed by atoms with Gasteiger partial charge in [-0.1, -0.05) is 18.2 Å². The number of aromatic nitrogens is 1. The maximum atomic E-state index is 12.6. The molecule has 1 heterocycles. The Morgan fingerprint density at radius 3 is 2.50 bits per heavy atom. The summed E-state index contributed by atoms with van der Waals surface area (Å²) in [5.41, 5.74) is 3.88. The normalized spacial score (nSPS) is 10.2. The first-order valence-electron chi connectivity index (χ1n) is 8.88. The van der Waals surface area contributed by atoms with Gasteiger partial charge < -0.3 is 20.1 Å². The van der Waals surface area contributed by atoms with Gasteiger partial charge in [0.05, 0.1) is 19.9 Å². The largest absolute Gasteiger partial charge is 0.497 e. The predicted octanol–water partition coefficient (Wildman–Crippen LogP) is 4.27. The Hall–Kier alpha value is -3.54. The van der Waals surface area contributed by atoms with E-state index < -0.39 is 0 Å². The molecule has 3 rings (SSSR count). The fourth-order valence-corrected chi connectivity index (χ4v) is 2.72. The number of carbonyl (C=O) groups excluding carboxylic acids is 1. The molecule has 0 saturated carbocycles. The lowest BCUT2D eigenvalue weighted by molar-refractivity contribution is 0.102. The molecule has 144 valence electrons. The Balaban J connectivity index is 1.68. The number of benzene rings is 2. The monoisotopic (exact) mass is 377 g/mol. The van der Waals surface area contributed by atoms with E-state index in [2.05, 4.69) is 15.6 Å². The molecule has 0 bridgehead atoms. The number of anilines is 2. The van der Waals surface area contributed by atoms with Gasteiger partial charge in [0, 0.05) is 18.4 Å². The van der Waals surface area contributed by atoms with Crippen molar-refractivity contribution in [1.82, 2.24) is 4.98 Å². The zero-order valence-corrected chi connectivity index (χ0v) is 16.2. The lowest BCUT2D eigenvalue weighted by Crippen LogP contribution is -2.15. The topological polar surface area (TPSA) is 72.5 Å². The summed E-state index contributed by atoms with van der Waals surface area (Å²) in [6.07, 6.45) is 1.61. The molecule has 0 unspecified atom stereocenters. The molecule has 0 aliphatic heterocycles. The third-order valence-corrected chi connectivity index (χ3v) is 4.25. The smallest absolute Gasteiger partial charge is 0.274 e. The van der Waals surface area contributed by atoms with Crippen LogP contribution in [-0.4, -0.2) is 25.1 Å². The highest BCUT2D eigenvalue weighted by Crippen LogP contribution is 2.25. The maximum absolute atomic E-state index is 12.6. The van der Waals surface area contributed by atoms with Gasteiger partial charge in [-0.15, -0.1) is 0 Å². The van der Waals surface area contributed by atoms with Crippen LogP contribution in [0, 0.1) is 6.92 Å². The minimum atomic E-state index is -0.294. The molecular weight excluding hydrogens is 354 g/mol. The van der Waals surface area contributed by atoms with Crippen LogP contribution in [0.3, 0.4) is 0 Å². The molecule has 0 spiro atoms. The lowest BCUT2D eigenvalue weighted by Gasteiger charge is -2.12. The fraction of sp³-hybridized carbons (Fsp3) is 0.182. The molecule has 1 amide bonds. The van der Waals surface area contributed by atoms with Gasteiger partial charge >= 0.3 is 0 Å². The maximum Gasteiger partial charge on any atom is 0.274 e. The van der Waals surface area contributed by atoms with E-state index in [1.165, 1.54) is 0 Å². The van der Waals surface area contributed by atoms with Crippen LogP contribution in [-0.2, 0) is 6.54 Å². The van der Waals surface area contributed by atoms with Crippen molar-refractivity contribution in [2.75, 3.05) is 24.9 Å². The number of amides is 1. The van der Waals surface area contributed by atoms with Gasteiger partial charge in [-0.2, -0.15) is 0 Å². The highest BCUT2D eigenvalue weighted by Gasteiger charge is 2.12. The molecule has 6 heteroatoms. The van der Waals surface area contributed by atoms with Gasteiger partial charge in [0.2, 0.25) is 0 Å². The highest BCUT2D eigenvalue weighted by atomic mass is 16.5. The summed E-state index contributed by atoms with van der Waals surface area (Å²) in [6, 6.07) is 17.0. The van der Waals surface area contributed by atoms with Crippen molar-refractivity contribution < 1.29 is 14.3 Å². The van der Waals surface area contributed by atoms with E-state index in [-0.39, 0.29) is 5.91 Å². The zero-order valence-electron chi connectivity index (χ0n) is 16.2. The molecule has 2 N–H and O–H groups in total. The van der Waals surface area contributed by atoms with Crippen LogP contribution in [0.5, 0.6) is 11.5 Å². The summed E-state index contributed by atoms with van der Waals surface area (Å²) < 4.78 is 10.5. The van der Waals surface area contributed by atoms with E-state index in [1.807, 2.05) is 55.5 Å². The Kier molecular flexibility index (Phi) is 6.11. The number of methoxy groups -OCH3 is 2. The number of ether oxygens (including phenoxy) is 2. The SMILES string of the molecule is COc1ccc(CNc2ccnc(C(=O)Nc3cc(C)ccc3OC)c2)cc1. The number of rotatable bonds is 7. The zero-order chi connectivity index (χ0) is 19.9. The van der Waals surface area contributed by atoms with E-state index in [0.717, 1.165) is 22.6 Å². The van der Waals surface area contributed by atoms with Gasteiger partial charge in [0.25, 0.3) is 5.91 Å². The van der Waals surface area contributed by atoms with Crippen molar-refractivity contribution in [1.29, 1.82) is 0 Å². The van der Waals surface area contributed by atoms with Gasteiger partial charge in [-0.3, -0.25) is 9.78 Å². The second-order valence-electron chi connectivity index (χ2n) is 6.29. The summed E-state index contributed by atoms with van der Waals surface area (Å²) in [4.78, 5) is 16.8. The number of pyridine rings is 1. The van der Waals surface area contributed by atoms with Crippen molar-refractivity contribution in [2.24, 2.45) is 0 Å². The van der Waals surface area contributed by atoms with E-state index in [9.17, 15) is 4.79 Å². The number of nitrogens with one attached hydrogen (secondary N) is 2. The van der Waals surface area contributed by atoms with Gasteiger partial charge in [-0.05, 0) is 54.4 Å². The molecule has 3 aromatic rings. The van der Waals surface area contributed by atoms with Crippen molar-refractivity contribution in [3.05, 3.63) is 77.6 Å². The highest BCUT2D eigenvalue weighted by molar-refractivity contribution is 6.04. The second-order valence-corrected chi connectivity index (χ2v) is 6.29. The average Bonchev–Trinajstić information content (AvgIpc) is 2.73. The fourth-order valence-electron chi connectivity index (χ4n) is 2.72. The molecule has 0 aliphatic carbocycles. The third-order valence-electron chi connectivity index (χ3n) is 4.25.